The summed E-state index contributed by atoms with van der Waals surface area (Å²) in [5.74, 6) is 0.956. The van der Waals surface area contributed by atoms with Crippen molar-refractivity contribution in [3.63, 3.8) is 0 Å². The maximum absolute atomic E-state index is 5.92. The lowest BCUT2D eigenvalue weighted by molar-refractivity contribution is 0.0288. The van der Waals surface area contributed by atoms with Gasteiger partial charge in [0.1, 0.15) is 0 Å². The second-order valence-electron chi connectivity index (χ2n) is 5.16. The molecule has 0 aromatic rings. The van der Waals surface area contributed by atoms with Crippen molar-refractivity contribution in [2.75, 3.05) is 32.8 Å². The van der Waals surface area contributed by atoms with Crippen LogP contribution in [0, 0.1) is 5.92 Å². The summed E-state index contributed by atoms with van der Waals surface area (Å²) in [5.41, 5.74) is 0. The van der Waals surface area contributed by atoms with Crippen LogP contribution >= 0.6 is 0 Å². The molecule has 94 valence electrons. The topological polar surface area (TPSA) is 33.3 Å². The van der Waals surface area contributed by atoms with E-state index in [0.717, 1.165) is 25.6 Å². The van der Waals surface area contributed by atoms with Crippen molar-refractivity contribution in [3.05, 3.63) is 0 Å². The van der Waals surface area contributed by atoms with E-state index in [1.54, 1.807) is 0 Å². The van der Waals surface area contributed by atoms with E-state index >= 15 is 0 Å². The second kappa shape index (κ2) is 7.25. The molecule has 2 saturated heterocycles. The molecule has 2 aliphatic heterocycles. The summed E-state index contributed by atoms with van der Waals surface area (Å²) in [7, 11) is 0. The summed E-state index contributed by atoms with van der Waals surface area (Å²) < 4.78 is 5.92. The summed E-state index contributed by atoms with van der Waals surface area (Å²) in [4.78, 5) is 0. The zero-order valence-electron chi connectivity index (χ0n) is 10.3. The fourth-order valence-electron chi connectivity index (χ4n) is 2.75. The summed E-state index contributed by atoms with van der Waals surface area (Å²) in [6.07, 6.45) is 8.30. The maximum atomic E-state index is 5.92. The first-order chi connectivity index (χ1) is 7.95. The van der Waals surface area contributed by atoms with Gasteiger partial charge in [0.05, 0.1) is 6.10 Å². The SMILES string of the molecule is C(COC1CCNCC1)CC1CCNCC1. The molecule has 0 aromatic carbocycles. The van der Waals surface area contributed by atoms with E-state index in [1.807, 2.05) is 0 Å². The number of hydrogen-bond donors (Lipinski definition) is 2. The van der Waals surface area contributed by atoms with Crippen LogP contribution < -0.4 is 10.6 Å². The molecule has 2 N–H and O–H groups in total. The van der Waals surface area contributed by atoms with Crippen molar-refractivity contribution in [1.29, 1.82) is 0 Å². The van der Waals surface area contributed by atoms with E-state index in [4.69, 9.17) is 4.74 Å². The Morgan fingerprint density at radius 2 is 1.50 bits per heavy atom. The second-order valence-corrected chi connectivity index (χ2v) is 5.16. The molecule has 0 aromatic heterocycles. The largest absolute Gasteiger partial charge is 0.378 e. The first-order valence-electron chi connectivity index (χ1n) is 6.98. The molecule has 0 bridgehead atoms. The third-order valence-corrected chi connectivity index (χ3v) is 3.86. The predicted octanol–water partition coefficient (Wildman–Crippen LogP) is 1.53. The third-order valence-electron chi connectivity index (χ3n) is 3.86. The van der Waals surface area contributed by atoms with Crippen LogP contribution in [-0.2, 0) is 4.74 Å². The normalized spacial score (nSPS) is 24.8. The highest BCUT2D eigenvalue weighted by atomic mass is 16.5. The smallest absolute Gasteiger partial charge is 0.0599 e. The summed E-state index contributed by atoms with van der Waals surface area (Å²) >= 11 is 0. The van der Waals surface area contributed by atoms with Crippen molar-refractivity contribution in [3.8, 4) is 0 Å². The molecule has 0 spiro atoms. The van der Waals surface area contributed by atoms with Crippen LogP contribution in [0.2, 0.25) is 0 Å². The van der Waals surface area contributed by atoms with Crippen LogP contribution in [0.1, 0.15) is 38.5 Å². The molecule has 0 radical (unpaired) electrons. The predicted molar refractivity (Wildman–Crippen MR) is 66.7 cm³/mol. The zero-order chi connectivity index (χ0) is 11.1. The van der Waals surface area contributed by atoms with Gasteiger partial charge >= 0.3 is 0 Å². The molecule has 3 heteroatoms. The van der Waals surface area contributed by atoms with E-state index in [1.165, 1.54) is 51.6 Å². The van der Waals surface area contributed by atoms with Crippen LogP contribution in [0.25, 0.3) is 0 Å². The standard InChI is InChI=1S/C13H26N2O/c1(2-12-3-7-14-8-4-12)11-16-13-5-9-15-10-6-13/h12-15H,1-11H2. The van der Waals surface area contributed by atoms with Gasteiger partial charge in [-0.2, -0.15) is 0 Å². The average Bonchev–Trinajstić information content (AvgIpc) is 2.37. The van der Waals surface area contributed by atoms with Crippen molar-refractivity contribution in [1.82, 2.24) is 10.6 Å². The van der Waals surface area contributed by atoms with E-state index in [9.17, 15) is 0 Å². The minimum absolute atomic E-state index is 0.536. The van der Waals surface area contributed by atoms with Gasteiger partial charge in [0.25, 0.3) is 0 Å². The van der Waals surface area contributed by atoms with E-state index < -0.39 is 0 Å². The van der Waals surface area contributed by atoms with Crippen LogP contribution in [0.5, 0.6) is 0 Å². The van der Waals surface area contributed by atoms with Gasteiger partial charge < -0.3 is 15.4 Å². The van der Waals surface area contributed by atoms with Crippen molar-refractivity contribution in [2.24, 2.45) is 5.92 Å². The molecule has 0 aliphatic carbocycles. The molecule has 16 heavy (non-hydrogen) atoms. The highest BCUT2D eigenvalue weighted by Gasteiger charge is 2.14. The molecule has 2 fully saturated rings. The van der Waals surface area contributed by atoms with Crippen molar-refractivity contribution < 1.29 is 4.74 Å². The minimum atomic E-state index is 0.536. The summed E-state index contributed by atoms with van der Waals surface area (Å²) in [6, 6.07) is 0. The molecule has 0 saturated carbocycles. The molecular weight excluding hydrogens is 200 g/mol. The first kappa shape index (κ1) is 12.3. The quantitative estimate of drug-likeness (QED) is 0.698. The number of hydrogen-bond acceptors (Lipinski definition) is 3. The zero-order valence-corrected chi connectivity index (χ0v) is 10.3. The molecular formula is C13H26N2O. The van der Waals surface area contributed by atoms with Crippen molar-refractivity contribution >= 4 is 0 Å². The van der Waals surface area contributed by atoms with Crippen LogP contribution in [0.4, 0.5) is 0 Å². The third kappa shape index (κ3) is 4.40. The Labute approximate surface area is 99.3 Å². The van der Waals surface area contributed by atoms with Gasteiger partial charge in [-0.15, -0.1) is 0 Å². The lowest BCUT2D eigenvalue weighted by Crippen LogP contribution is -2.32. The number of rotatable bonds is 5. The van der Waals surface area contributed by atoms with Crippen LogP contribution in [-0.4, -0.2) is 38.9 Å². The highest BCUT2D eigenvalue weighted by Crippen LogP contribution is 2.18. The van der Waals surface area contributed by atoms with Crippen LogP contribution in [0.15, 0.2) is 0 Å². The van der Waals surface area contributed by atoms with E-state index in [2.05, 4.69) is 10.6 Å². The molecule has 2 aliphatic rings. The lowest BCUT2D eigenvalue weighted by Gasteiger charge is -2.25. The first-order valence-corrected chi connectivity index (χ1v) is 6.98. The molecule has 3 nitrogen and oxygen atoms in total. The van der Waals surface area contributed by atoms with Gasteiger partial charge in [-0.05, 0) is 70.6 Å². The lowest BCUT2D eigenvalue weighted by atomic mass is 9.93. The Morgan fingerprint density at radius 3 is 2.19 bits per heavy atom. The Hall–Kier alpha value is -0.120. The molecule has 2 heterocycles. The van der Waals surface area contributed by atoms with Gasteiger partial charge in [-0.1, -0.05) is 0 Å². The number of ether oxygens (including phenoxy) is 1. The van der Waals surface area contributed by atoms with Gasteiger partial charge in [-0.25, -0.2) is 0 Å². The molecule has 0 amide bonds. The number of piperidine rings is 2. The minimum Gasteiger partial charge on any atom is -0.378 e. The summed E-state index contributed by atoms with van der Waals surface area (Å²) in [6.45, 7) is 5.70. The fourth-order valence-corrected chi connectivity index (χ4v) is 2.75. The van der Waals surface area contributed by atoms with Gasteiger partial charge in [0, 0.05) is 6.61 Å². The molecule has 2 rings (SSSR count). The van der Waals surface area contributed by atoms with Gasteiger partial charge in [-0.3, -0.25) is 0 Å². The highest BCUT2D eigenvalue weighted by molar-refractivity contribution is 4.70. The Balaban J connectivity index is 1.47. The van der Waals surface area contributed by atoms with Crippen molar-refractivity contribution in [2.45, 2.75) is 44.6 Å². The maximum Gasteiger partial charge on any atom is 0.0599 e. The average molecular weight is 226 g/mol. The van der Waals surface area contributed by atoms with E-state index in [0.29, 0.717) is 6.10 Å². The molecule has 0 unspecified atom stereocenters. The summed E-state index contributed by atoms with van der Waals surface area (Å²) in [5, 5.41) is 6.79. The van der Waals surface area contributed by atoms with Crippen LogP contribution in [0.3, 0.4) is 0 Å². The van der Waals surface area contributed by atoms with Gasteiger partial charge in [0.15, 0.2) is 0 Å². The monoisotopic (exact) mass is 226 g/mol. The molecule has 0 atom stereocenters. The fraction of sp³-hybridized carbons (Fsp3) is 1.00. The van der Waals surface area contributed by atoms with Gasteiger partial charge in [0.2, 0.25) is 0 Å². The Kier molecular flexibility index (Phi) is 5.59. The number of nitrogens with one attached hydrogen (secondary N) is 2. The Morgan fingerprint density at radius 1 is 0.875 bits per heavy atom. The Bertz CT molecular complexity index is 155. The van der Waals surface area contributed by atoms with E-state index in [-0.39, 0.29) is 0 Å².